The molecule has 0 bridgehead atoms. The van der Waals surface area contributed by atoms with Gasteiger partial charge >= 0.3 is 0 Å². The first kappa shape index (κ1) is 7.32. The van der Waals surface area contributed by atoms with Crippen molar-refractivity contribution >= 4 is 10.9 Å². The summed E-state index contributed by atoms with van der Waals surface area (Å²) in [4.78, 5) is 8.35. The van der Waals surface area contributed by atoms with E-state index in [0.717, 1.165) is 15.6 Å². The van der Waals surface area contributed by atoms with Gasteiger partial charge in [0.2, 0.25) is 0 Å². The molecule has 0 radical (unpaired) electrons. The minimum absolute atomic E-state index is 0.383. The highest BCUT2D eigenvalue weighted by atomic mass is 16.5. The van der Waals surface area contributed by atoms with Crippen LogP contribution in [0.5, 0.6) is 0 Å². The maximum atomic E-state index is 11.4. The van der Waals surface area contributed by atoms with Crippen molar-refractivity contribution in [2.24, 2.45) is 0 Å². The lowest BCUT2D eigenvalue weighted by atomic mass is 10.2. The molecule has 0 atom stereocenters. The van der Waals surface area contributed by atoms with Crippen molar-refractivity contribution in [1.82, 2.24) is 14.7 Å². The summed E-state index contributed by atoms with van der Waals surface area (Å²) in [5.41, 5.74) is 1.48. The van der Waals surface area contributed by atoms with Gasteiger partial charge in [-0.3, -0.25) is 4.98 Å². The molecule has 4 heteroatoms. The van der Waals surface area contributed by atoms with Crippen LogP contribution in [0.2, 0.25) is 0 Å². The average molecular weight is 184 g/mol. The molecular weight excluding hydrogens is 178 g/mol. The summed E-state index contributed by atoms with van der Waals surface area (Å²) in [7, 11) is 0. The zero-order valence-corrected chi connectivity index (χ0v) is 7.21. The fourth-order valence-electron chi connectivity index (χ4n) is 1.58. The van der Waals surface area contributed by atoms with Crippen molar-refractivity contribution in [3.63, 3.8) is 0 Å². The van der Waals surface area contributed by atoms with E-state index in [1.807, 2.05) is 24.3 Å². The van der Waals surface area contributed by atoms with E-state index < -0.39 is 0 Å². The molecule has 0 spiro atoms. The topological polar surface area (TPSA) is 53.8 Å². The van der Waals surface area contributed by atoms with Crippen molar-refractivity contribution < 1.29 is 0 Å². The van der Waals surface area contributed by atoms with Gasteiger partial charge in [0.1, 0.15) is 5.69 Å². The average Bonchev–Trinajstić information content (AvgIpc) is 2.59. The Bertz CT molecular complexity index is 573. The Kier molecular flexibility index (Phi) is 1.28. The lowest BCUT2D eigenvalue weighted by Crippen LogP contribution is -1.96. The van der Waals surface area contributed by atoms with Gasteiger partial charge < -0.3 is 9.94 Å². The largest absolute Gasteiger partial charge is 0.804 e. The van der Waals surface area contributed by atoms with Crippen LogP contribution >= 0.6 is 0 Å². The van der Waals surface area contributed by atoms with Crippen LogP contribution in [-0.2, 0) is 0 Å². The number of para-hydroxylation sites is 1. The standard InChI is InChI=1S/C10H6N3O/c14-13-6-5-11-9-7-3-1-2-4-8(7)12-10(9)13/h1-6H/q-1. The number of rotatable bonds is 0. The second kappa shape index (κ2) is 2.45. The molecule has 0 N–H and O–H groups in total. The predicted octanol–water partition coefficient (Wildman–Crippen LogP) is 1.88. The Morgan fingerprint density at radius 3 is 3.00 bits per heavy atom. The molecule has 3 rings (SSSR count). The smallest absolute Gasteiger partial charge is 0.155 e. The monoisotopic (exact) mass is 184 g/mol. The maximum absolute atomic E-state index is 11.4. The van der Waals surface area contributed by atoms with Gasteiger partial charge in [-0.15, -0.1) is 0 Å². The van der Waals surface area contributed by atoms with E-state index in [4.69, 9.17) is 0 Å². The molecule has 0 aliphatic carbocycles. The molecule has 2 heterocycles. The van der Waals surface area contributed by atoms with Gasteiger partial charge in [-0.05, 0) is 6.07 Å². The first-order valence-corrected chi connectivity index (χ1v) is 4.25. The molecule has 14 heavy (non-hydrogen) atoms. The zero-order chi connectivity index (χ0) is 9.54. The summed E-state index contributed by atoms with van der Waals surface area (Å²) >= 11 is 0. The molecule has 0 unspecified atom stereocenters. The SMILES string of the molecule is [O-]n1ccnc2c3ccccc3nc1-2. The van der Waals surface area contributed by atoms with Crippen LogP contribution < -0.4 is 0 Å². The van der Waals surface area contributed by atoms with Gasteiger partial charge in [0, 0.05) is 17.8 Å². The molecule has 0 aromatic heterocycles. The third-order valence-corrected chi connectivity index (χ3v) is 2.21. The van der Waals surface area contributed by atoms with Gasteiger partial charge in [0.05, 0.1) is 5.52 Å². The summed E-state index contributed by atoms with van der Waals surface area (Å²) < 4.78 is 0.738. The summed E-state index contributed by atoms with van der Waals surface area (Å²) in [6, 6.07) is 7.59. The molecule has 0 saturated heterocycles. The van der Waals surface area contributed by atoms with E-state index in [9.17, 15) is 5.21 Å². The second-order valence-corrected chi connectivity index (χ2v) is 3.05. The number of fused-ring (bicyclic) bond motifs is 3. The highest BCUT2D eigenvalue weighted by molar-refractivity contribution is 5.94. The van der Waals surface area contributed by atoms with Gasteiger partial charge in [-0.25, -0.2) is 4.98 Å². The molecule has 1 aromatic rings. The third kappa shape index (κ3) is 0.821. The molecule has 0 saturated carbocycles. The van der Waals surface area contributed by atoms with E-state index in [1.54, 1.807) is 0 Å². The zero-order valence-electron chi connectivity index (χ0n) is 7.21. The van der Waals surface area contributed by atoms with E-state index in [1.165, 1.54) is 12.4 Å². The Balaban J connectivity index is 2.55. The van der Waals surface area contributed by atoms with Crippen LogP contribution in [0.1, 0.15) is 0 Å². The van der Waals surface area contributed by atoms with Crippen molar-refractivity contribution in [3.8, 4) is 11.5 Å². The predicted molar refractivity (Wildman–Crippen MR) is 52.9 cm³/mol. The van der Waals surface area contributed by atoms with Crippen LogP contribution in [0.4, 0.5) is 0 Å². The van der Waals surface area contributed by atoms with Gasteiger partial charge in [-0.2, -0.15) is 0 Å². The third-order valence-electron chi connectivity index (χ3n) is 2.21. The number of nitrogens with zero attached hydrogens (tertiary/aromatic N) is 3. The Morgan fingerprint density at radius 2 is 2.07 bits per heavy atom. The fourth-order valence-corrected chi connectivity index (χ4v) is 1.58. The van der Waals surface area contributed by atoms with Crippen molar-refractivity contribution in [2.75, 3.05) is 0 Å². The van der Waals surface area contributed by atoms with E-state index in [0.29, 0.717) is 11.5 Å². The number of hydrogen-bond donors (Lipinski definition) is 0. The van der Waals surface area contributed by atoms with Crippen molar-refractivity contribution in [3.05, 3.63) is 41.9 Å². The molecule has 4 nitrogen and oxygen atoms in total. The highest BCUT2D eigenvalue weighted by Crippen LogP contribution is 2.27. The number of hydrogen-bond acceptors (Lipinski definition) is 3. The van der Waals surface area contributed by atoms with Gasteiger partial charge in [0.15, 0.2) is 5.82 Å². The second-order valence-electron chi connectivity index (χ2n) is 3.05. The molecule has 68 valence electrons. The fraction of sp³-hybridized carbons (Fsp3) is 0. The minimum atomic E-state index is 0.383. The lowest BCUT2D eigenvalue weighted by Gasteiger charge is -2.12. The molecular formula is C10H6N3O-. The molecule has 0 fully saturated rings. The van der Waals surface area contributed by atoms with Gasteiger partial charge in [-0.1, -0.05) is 18.2 Å². The summed E-state index contributed by atoms with van der Waals surface area (Å²) in [5, 5.41) is 12.3. The van der Waals surface area contributed by atoms with Crippen LogP contribution in [0.25, 0.3) is 22.4 Å². The first-order valence-electron chi connectivity index (χ1n) is 4.25. The van der Waals surface area contributed by atoms with Crippen LogP contribution in [0.3, 0.4) is 0 Å². The molecule has 1 aromatic carbocycles. The summed E-state index contributed by atoms with van der Waals surface area (Å²) in [6.07, 6.45) is 2.84. The molecule has 0 amide bonds. The van der Waals surface area contributed by atoms with E-state index in [2.05, 4.69) is 9.97 Å². The molecule has 2 aliphatic rings. The lowest BCUT2D eigenvalue weighted by molar-refractivity contribution is 1.00. The minimum Gasteiger partial charge on any atom is -0.804 e. The van der Waals surface area contributed by atoms with E-state index >= 15 is 0 Å². The van der Waals surface area contributed by atoms with Gasteiger partial charge in [0.25, 0.3) is 0 Å². The van der Waals surface area contributed by atoms with Crippen molar-refractivity contribution in [2.45, 2.75) is 0 Å². The summed E-state index contributed by atoms with van der Waals surface area (Å²) in [5.74, 6) is 0.383. The van der Waals surface area contributed by atoms with Crippen LogP contribution in [0, 0.1) is 5.21 Å². The van der Waals surface area contributed by atoms with Crippen LogP contribution in [0.15, 0.2) is 36.7 Å². The van der Waals surface area contributed by atoms with Crippen molar-refractivity contribution in [1.29, 1.82) is 0 Å². The maximum Gasteiger partial charge on any atom is 0.155 e. The highest BCUT2D eigenvalue weighted by Gasteiger charge is 2.12. The number of benzene rings is 1. The van der Waals surface area contributed by atoms with E-state index in [-0.39, 0.29) is 0 Å². The Hall–Kier alpha value is -2.10. The molecule has 2 aliphatic heterocycles. The number of aromatic nitrogens is 3. The normalized spacial score (nSPS) is 11.1. The Labute approximate surface area is 79.8 Å². The first-order chi connectivity index (χ1) is 6.86. The quantitative estimate of drug-likeness (QED) is 0.536. The summed E-state index contributed by atoms with van der Waals surface area (Å²) in [6.45, 7) is 0. The van der Waals surface area contributed by atoms with Crippen LogP contribution in [-0.4, -0.2) is 14.7 Å². The Morgan fingerprint density at radius 1 is 1.21 bits per heavy atom.